The summed E-state index contributed by atoms with van der Waals surface area (Å²) in [5.74, 6) is 1.08. The number of rotatable bonds is 5. The highest BCUT2D eigenvalue weighted by molar-refractivity contribution is 5.92. The number of hydrogen-bond acceptors (Lipinski definition) is 6. The summed E-state index contributed by atoms with van der Waals surface area (Å²) < 4.78 is 19.6. The van der Waals surface area contributed by atoms with Gasteiger partial charge in [-0.05, 0) is 43.8 Å². The molecule has 1 aliphatic rings. The highest BCUT2D eigenvalue weighted by Crippen LogP contribution is 2.26. The maximum Gasteiger partial charge on any atom is 0.289 e. The molecule has 1 aromatic carbocycles. The quantitative estimate of drug-likeness (QED) is 0.715. The average molecular weight is 395 g/mol. The third-order valence-electron chi connectivity index (χ3n) is 5.15. The van der Waals surface area contributed by atoms with E-state index in [1.54, 1.807) is 47.5 Å². The van der Waals surface area contributed by atoms with E-state index in [-0.39, 0.29) is 23.5 Å². The number of benzene rings is 1. The van der Waals surface area contributed by atoms with E-state index in [2.05, 4.69) is 14.9 Å². The number of carbonyl (C=O) groups is 1. The summed E-state index contributed by atoms with van der Waals surface area (Å²) in [5, 5.41) is 0. The first-order valence-electron chi connectivity index (χ1n) is 9.43. The van der Waals surface area contributed by atoms with Crippen LogP contribution in [0.2, 0.25) is 0 Å². The maximum absolute atomic E-state index is 14.0. The molecule has 1 atom stereocenters. The smallest absolute Gasteiger partial charge is 0.289 e. The van der Waals surface area contributed by atoms with Gasteiger partial charge in [-0.15, -0.1) is 0 Å². The van der Waals surface area contributed by atoms with Crippen LogP contribution in [0.1, 0.15) is 22.8 Å². The fourth-order valence-electron chi connectivity index (χ4n) is 3.54. The predicted octanol–water partition coefficient (Wildman–Crippen LogP) is 2.80. The Morgan fingerprint density at radius 1 is 1.31 bits per heavy atom. The van der Waals surface area contributed by atoms with Gasteiger partial charge in [-0.3, -0.25) is 9.69 Å². The minimum Gasteiger partial charge on any atom is -0.451 e. The van der Waals surface area contributed by atoms with E-state index in [0.717, 1.165) is 6.42 Å². The number of halogens is 1. The summed E-state index contributed by atoms with van der Waals surface area (Å²) in [5.41, 5.74) is 6.05. The van der Waals surface area contributed by atoms with Crippen molar-refractivity contribution in [3.8, 4) is 11.3 Å². The minimum absolute atomic E-state index is 0.185. The lowest BCUT2D eigenvalue weighted by Gasteiger charge is -2.23. The molecule has 1 aliphatic heterocycles. The molecule has 1 saturated heterocycles. The van der Waals surface area contributed by atoms with Gasteiger partial charge in [-0.25, -0.2) is 14.4 Å². The van der Waals surface area contributed by atoms with E-state index >= 15 is 0 Å². The molecule has 0 unspecified atom stereocenters. The van der Waals surface area contributed by atoms with E-state index < -0.39 is 0 Å². The van der Waals surface area contributed by atoms with Crippen LogP contribution in [0, 0.1) is 5.82 Å². The highest BCUT2D eigenvalue weighted by atomic mass is 19.1. The first-order valence-corrected chi connectivity index (χ1v) is 9.43. The monoisotopic (exact) mass is 395 g/mol. The van der Waals surface area contributed by atoms with Crippen molar-refractivity contribution < 1.29 is 13.6 Å². The Bertz CT molecular complexity index is 1020. The zero-order chi connectivity index (χ0) is 20.4. The van der Waals surface area contributed by atoms with E-state index in [4.69, 9.17) is 10.2 Å². The minimum atomic E-state index is -0.382. The number of nitrogen functional groups attached to an aromatic ring is 1. The number of likely N-dealkylation sites (tertiary alicyclic amines) is 1. The van der Waals surface area contributed by atoms with Gasteiger partial charge >= 0.3 is 0 Å². The fourth-order valence-corrected chi connectivity index (χ4v) is 3.54. The Balaban J connectivity index is 1.40. The van der Waals surface area contributed by atoms with Crippen molar-refractivity contribution in [2.75, 3.05) is 25.9 Å². The summed E-state index contributed by atoms with van der Waals surface area (Å²) in [7, 11) is 1.98. The highest BCUT2D eigenvalue weighted by Gasteiger charge is 2.31. The fraction of sp³-hybridized carbons (Fsp3) is 0.286. The third-order valence-corrected chi connectivity index (χ3v) is 5.15. The number of hydrogen-bond donors (Lipinski definition) is 1. The Morgan fingerprint density at radius 3 is 2.93 bits per heavy atom. The summed E-state index contributed by atoms with van der Waals surface area (Å²) in [6.07, 6.45) is 2.48. The van der Waals surface area contributed by atoms with Crippen molar-refractivity contribution in [2.45, 2.75) is 19.0 Å². The van der Waals surface area contributed by atoms with Crippen molar-refractivity contribution >= 4 is 11.7 Å². The van der Waals surface area contributed by atoms with Gasteiger partial charge in [0.15, 0.2) is 5.76 Å². The average Bonchev–Trinajstić information content (AvgIpc) is 3.38. The van der Waals surface area contributed by atoms with Crippen molar-refractivity contribution in [3.05, 3.63) is 66.1 Å². The summed E-state index contributed by atoms with van der Waals surface area (Å²) in [4.78, 5) is 25.2. The number of carbonyl (C=O) groups excluding carboxylic acids is 1. The SMILES string of the molecule is CN(Cc1nccc(N)n1)[C@@H]1CCN(C(=O)c2ccc(-c3ccccc3F)o2)C1. The van der Waals surface area contributed by atoms with Crippen molar-refractivity contribution in [1.29, 1.82) is 0 Å². The van der Waals surface area contributed by atoms with Crippen LogP contribution in [0.25, 0.3) is 11.3 Å². The molecule has 1 fully saturated rings. The molecule has 0 spiro atoms. The zero-order valence-corrected chi connectivity index (χ0v) is 16.1. The second-order valence-corrected chi connectivity index (χ2v) is 7.15. The van der Waals surface area contributed by atoms with Gasteiger partial charge in [-0.1, -0.05) is 12.1 Å². The summed E-state index contributed by atoms with van der Waals surface area (Å²) in [6, 6.07) is 11.4. The Morgan fingerprint density at radius 2 is 2.14 bits per heavy atom. The first kappa shape index (κ1) is 19.1. The molecule has 8 heteroatoms. The number of anilines is 1. The molecular formula is C21H22FN5O2. The van der Waals surface area contributed by atoms with Gasteiger partial charge in [0, 0.05) is 25.3 Å². The molecule has 0 radical (unpaired) electrons. The predicted molar refractivity (Wildman–Crippen MR) is 106 cm³/mol. The second-order valence-electron chi connectivity index (χ2n) is 7.15. The molecule has 4 rings (SSSR count). The lowest BCUT2D eigenvalue weighted by Crippen LogP contribution is -2.36. The molecule has 29 heavy (non-hydrogen) atoms. The third kappa shape index (κ3) is 4.12. The van der Waals surface area contributed by atoms with E-state index in [0.29, 0.717) is 42.6 Å². The molecule has 3 heterocycles. The first-order chi connectivity index (χ1) is 14.0. The van der Waals surface area contributed by atoms with Crippen LogP contribution in [0.15, 0.2) is 53.1 Å². The number of nitrogens with zero attached hydrogens (tertiary/aromatic N) is 4. The van der Waals surface area contributed by atoms with Crippen molar-refractivity contribution in [1.82, 2.24) is 19.8 Å². The maximum atomic E-state index is 14.0. The normalized spacial score (nSPS) is 16.5. The van der Waals surface area contributed by atoms with Crippen LogP contribution in [0.4, 0.5) is 10.2 Å². The number of amides is 1. The zero-order valence-electron chi connectivity index (χ0n) is 16.1. The van der Waals surface area contributed by atoms with Gasteiger partial charge in [0.25, 0.3) is 5.91 Å². The molecule has 0 saturated carbocycles. The van der Waals surface area contributed by atoms with E-state index in [9.17, 15) is 9.18 Å². The van der Waals surface area contributed by atoms with Gasteiger partial charge in [0.2, 0.25) is 0 Å². The van der Waals surface area contributed by atoms with Gasteiger partial charge in [0.05, 0.1) is 12.1 Å². The van der Waals surface area contributed by atoms with Crippen molar-refractivity contribution in [3.63, 3.8) is 0 Å². The van der Waals surface area contributed by atoms with Crippen LogP contribution in [0.5, 0.6) is 0 Å². The number of nitrogens with two attached hydrogens (primary N) is 1. The Kier molecular flexibility index (Phi) is 5.26. The van der Waals surface area contributed by atoms with Crippen LogP contribution in [-0.4, -0.2) is 51.9 Å². The van der Waals surface area contributed by atoms with E-state index in [1.165, 1.54) is 6.07 Å². The van der Waals surface area contributed by atoms with Gasteiger partial charge < -0.3 is 15.1 Å². The summed E-state index contributed by atoms with van der Waals surface area (Å²) >= 11 is 0. The lowest BCUT2D eigenvalue weighted by atomic mass is 10.1. The number of aromatic nitrogens is 2. The number of likely N-dealkylation sites (N-methyl/N-ethyl adjacent to an activating group) is 1. The molecule has 0 bridgehead atoms. The Labute approximate surface area is 168 Å². The summed E-state index contributed by atoms with van der Waals surface area (Å²) in [6.45, 7) is 1.75. The molecule has 2 N–H and O–H groups in total. The molecule has 1 amide bonds. The molecule has 7 nitrogen and oxygen atoms in total. The van der Waals surface area contributed by atoms with Crippen LogP contribution < -0.4 is 5.73 Å². The second kappa shape index (κ2) is 8.00. The molecule has 2 aromatic heterocycles. The van der Waals surface area contributed by atoms with E-state index in [1.807, 2.05) is 7.05 Å². The van der Waals surface area contributed by atoms with Gasteiger partial charge in [-0.2, -0.15) is 0 Å². The van der Waals surface area contributed by atoms with Crippen LogP contribution >= 0.6 is 0 Å². The molecule has 0 aliphatic carbocycles. The molecule has 150 valence electrons. The standard InChI is InChI=1S/C21H22FN5O2/c1-26(13-20-24-10-8-19(23)25-20)14-9-11-27(12-14)21(28)18-7-6-17(29-18)15-4-2-3-5-16(15)22/h2-8,10,14H,9,11-13H2,1H3,(H2,23,24,25)/t14-/m1/s1. The van der Waals surface area contributed by atoms with Crippen LogP contribution in [0.3, 0.4) is 0 Å². The largest absolute Gasteiger partial charge is 0.451 e. The van der Waals surface area contributed by atoms with Crippen LogP contribution in [-0.2, 0) is 6.54 Å². The topological polar surface area (TPSA) is 88.5 Å². The molecule has 3 aromatic rings. The van der Waals surface area contributed by atoms with Crippen molar-refractivity contribution in [2.24, 2.45) is 0 Å². The Hall–Kier alpha value is -3.26. The molecular weight excluding hydrogens is 373 g/mol. The lowest BCUT2D eigenvalue weighted by molar-refractivity contribution is 0.0748. The van der Waals surface area contributed by atoms with Gasteiger partial charge in [0.1, 0.15) is 23.2 Å². The number of furan rings is 1.